The molecule has 0 bridgehead atoms. The molecule has 12 heteroatoms. The highest BCUT2D eigenvalue weighted by Crippen LogP contribution is 2.28. The number of hydrogen-bond donors (Lipinski definition) is 1. The second-order valence-electron chi connectivity index (χ2n) is 5.28. The Labute approximate surface area is 173 Å². The number of ether oxygens (including phenoxy) is 1. The van der Waals surface area contributed by atoms with E-state index < -0.39 is 0 Å². The highest BCUT2D eigenvalue weighted by molar-refractivity contribution is 7.99. The molecular formula is C15H14Cl2N6O2S2. The number of thioether (sulfide) groups is 1. The Balaban J connectivity index is 1.54. The maximum absolute atomic E-state index is 12.0. The Morgan fingerprint density at radius 2 is 2.11 bits per heavy atom. The lowest BCUT2D eigenvalue weighted by Gasteiger charge is -2.08. The average molecular weight is 445 g/mol. The Kier molecular flexibility index (Phi) is 6.53. The van der Waals surface area contributed by atoms with E-state index in [9.17, 15) is 4.79 Å². The molecule has 0 atom stereocenters. The van der Waals surface area contributed by atoms with Crippen molar-refractivity contribution in [2.45, 2.75) is 18.7 Å². The van der Waals surface area contributed by atoms with Gasteiger partial charge in [-0.05, 0) is 25.1 Å². The second kappa shape index (κ2) is 8.87. The molecule has 1 N–H and O–H groups in total. The smallest absolute Gasteiger partial charge is 0.236 e. The predicted octanol–water partition coefficient (Wildman–Crippen LogP) is 3.59. The lowest BCUT2D eigenvalue weighted by atomic mass is 10.3. The fraction of sp³-hybridized carbons (Fsp3) is 0.267. The first-order chi connectivity index (χ1) is 12.9. The van der Waals surface area contributed by atoms with Crippen LogP contribution in [0.25, 0.3) is 0 Å². The van der Waals surface area contributed by atoms with Crippen LogP contribution in [0.15, 0.2) is 23.4 Å². The van der Waals surface area contributed by atoms with Crippen molar-refractivity contribution in [3.63, 3.8) is 0 Å². The first-order valence-electron chi connectivity index (χ1n) is 7.61. The van der Waals surface area contributed by atoms with E-state index in [0.717, 1.165) is 5.01 Å². The Morgan fingerprint density at radius 3 is 2.81 bits per heavy atom. The molecule has 0 aliphatic carbocycles. The van der Waals surface area contributed by atoms with Crippen LogP contribution in [0.4, 0.5) is 5.13 Å². The van der Waals surface area contributed by atoms with E-state index >= 15 is 0 Å². The number of hydrogen-bond acceptors (Lipinski definition) is 8. The summed E-state index contributed by atoms with van der Waals surface area (Å²) in [5.74, 6) is 1.09. The summed E-state index contributed by atoms with van der Waals surface area (Å²) < 4.78 is 7.42. The van der Waals surface area contributed by atoms with Gasteiger partial charge in [0.1, 0.15) is 17.4 Å². The van der Waals surface area contributed by atoms with Crippen LogP contribution in [0.5, 0.6) is 5.75 Å². The number of aryl methyl sites for hydroxylation is 1. The Hall–Kier alpha value is -1.88. The summed E-state index contributed by atoms with van der Waals surface area (Å²) >= 11 is 14.5. The highest BCUT2D eigenvalue weighted by atomic mass is 35.5. The normalized spacial score (nSPS) is 10.8. The van der Waals surface area contributed by atoms with Gasteiger partial charge in [0.05, 0.1) is 10.8 Å². The molecule has 1 amide bonds. The SMILES string of the molecule is Cc1nnc(NC(=O)CSc2nnc(COc3ccc(Cl)cc3Cl)n2C)s1. The molecular weight excluding hydrogens is 431 g/mol. The molecule has 1 aromatic carbocycles. The van der Waals surface area contributed by atoms with Gasteiger partial charge in [-0.1, -0.05) is 46.3 Å². The zero-order valence-electron chi connectivity index (χ0n) is 14.3. The van der Waals surface area contributed by atoms with Gasteiger partial charge in [-0.2, -0.15) is 0 Å². The fourth-order valence-corrected chi connectivity index (χ4v) is 3.76. The van der Waals surface area contributed by atoms with Gasteiger partial charge in [0.2, 0.25) is 11.0 Å². The summed E-state index contributed by atoms with van der Waals surface area (Å²) in [7, 11) is 1.80. The van der Waals surface area contributed by atoms with Crippen LogP contribution in [-0.2, 0) is 18.4 Å². The topological polar surface area (TPSA) is 94.8 Å². The first-order valence-corrected chi connectivity index (χ1v) is 10.2. The monoisotopic (exact) mass is 444 g/mol. The predicted molar refractivity (Wildman–Crippen MR) is 106 cm³/mol. The Morgan fingerprint density at radius 1 is 1.30 bits per heavy atom. The van der Waals surface area contributed by atoms with E-state index in [0.29, 0.717) is 31.9 Å². The molecule has 0 saturated heterocycles. The van der Waals surface area contributed by atoms with E-state index in [2.05, 4.69) is 25.7 Å². The number of nitrogens with one attached hydrogen (secondary N) is 1. The number of carbonyl (C=O) groups excluding carboxylic acids is 1. The van der Waals surface area contributed by atoms with E-state index in [4.69, 9.17) is 27.9 Å². The van der Waals surface area contributed by atoms with Crippen LogP contribution < -0.4 is 10.1 Å². The molecule has 0 aliphatic heterocycles. The van der Waals surface area contributed by atoms with Crippen molar-refractivity contribution in [1.82, 2.24) is 25.0 Å². The van der Waals surface area contributed by atoms with E-state index in [-0.39, 0.29) is 18.3 Å². The highest BCUT2D eigenvalue weighted by Gasteiger charge is 2.14. The average Bonchev–Trinajstić information content (AvgIpc) is 3.18. The second-order valence-corrected chi connectivity index (χ2v) is 8.25. The molecule has 8 nitrogen and oxygen atoms in total. The number of anilines is 1. The third-order valence-electron chi connectivity index (χ3n) is 3.28. The summed E-state index contributed by atoms with van der Waals surface area (Å²) in [5.41, 5.74) is 0. The number of benzene rings is 1. The van der Waals surface area contributed by atoms with Gasteiger partial charge in [-0.3, -0.25) is 10.1 Å². The molecule has 0 aliphatic rings. The van der Waals surface area contributed by atoms with Crippen molar-refractivity contribution in [2.24, 2.45) is 7.05 Å². The summed E-state index contributed by atoms with van der Waals surface area (Å²) in [6.07, 6.45) is 0. The van der Waals surface area contributed by atoms with Gasteiger partial charge < -0.3 is 9.30 Å². The van der Waals surface area contributed by atoms with Crippen LogP contribution in [-0.4, -0.2) is 36.6 Å². The summed E-state index contributed by atoms with van der Waals surface area (Å²) in [5, 5.41) is 21.4. The zero-order chi connectivity index (χ0) is 19.4. The van der Waals surface area contributed by atoms with Crippen LogP contribution in [0.2, 0.25) is 10.0 Å². The van der Waals surface area contributed by atoms with Crippen molar-refractivity contribution < 1.29 is 9.53 Å². The fourth-order valence-electron chi connectivity index (χ4n) is 1.96. The van der Waals surface area contributed by atoms with Gasteiger partial charge >= 0.3 is 0 Å². The summed E-state index contributed by atoms with van der Waals surface area (Å²) in [6, 6.07) is 4.99. The van der Waals surface area contributed by atoms with Crippen molar-refractivity contribution >= 4 is 57.3 Å². The first kappa shape index (κ1) is 19.9. The van der Waals surface area contributed by atoms with Crippen LogP contribution in [0.3, 0.4) is 0 Å². The van der Waals surface area contributed by atoms with Crippen molar-refractivity contribution in [1.29, 1.82) is 0 Å². The molecule has 142 valence electrons. The molecule has 3 rings (SSSR count). The van der Waals surface area contributed by atoms with Crippen LogP contribution in [0.1, 0.15) is 10.8 Å². The van der Waals surface area contributed by atoms with Gasteiger partial charge in [-0.15, -0.1) is 20.4 Å². The lowest BCUT2D eigenvalue weighted by Crippen LogP contribution is -2.14. The van der Waals surface area contributed by atoms with Gasteiger partial charge in [0, 0.05) is 12.1 Å². The van der Waals surface area contributed by atoms with Gasteiger partial charge in [0.25, 0.3) is 0 Å². The van der Waals surface area contributed by atoms with Crippen molar-refractivity contribution in [2.75, 3.05) is 11.1 Å². The zero-order valence-corrected chi connectivity index (χ0v) is 17.4. The van der Waals surface area contributed by atoms with E-state index in [1.165, 1.54) is 23.1 Å². The van der Waals surface area contributed by atoms with Gasteiger partial charge in [0.15, 0.2) is 11.0 Å². The molecule has 2 aromatic heterocycles. The summed E-state index contributed by atoms with van der Waals surface area (Å²) in [4.78, 5) is 12.0. The lowest BCUT2D eigenvalue weighted by molar-refractivity contribution is -0.113. The third-order valence-corrected chi connectivity index (χ3v) is 5.59. The minimum Gasteiger partial charge on any atom is -0.484 e. The standard InChI is InChI=1S/C15H14Cl2N6O2S2/c1-8-19-21-14(27-8)18-13(24)7-26-15-22-20-12(23(15)2)6-25-11-4-3-9(16)5-10(11)17/h3-5H,6-7H2,1-2H3,(H,18,21,24). The number of nitrogens with zero attached hydrogens (tertiary/aromatic N) is 5. The van der Waals surface area contributed by atoms with Crippen LogP contribution >= 0.6 is 46.3 Å². The quantitative estimate of drug-likeness (QED) is 0.556. The molecule has 0 radical (unpaired) electrons. The molecule has 0 saturated carbocycles. The van der Waals surface area contributed by atoms with Crippen molar-refractivity contribution in [3.8, 4) is 5.75 Å². The number of rotatable bonds is 7. The molecule has 2 heterocycles. The third kappa shape index (κ3) is 5.32. The number of halogens is 2. The molecule has 0 fully saturated rings. The van der Waals surface area contributed by atoms with E-state index in [1.807, 2.05) is 6.92 Å². The summed E-state index contributed by atoms with van der Waals surface area (Å²) in [6.45, 7) is 2.00. The number of aromatic nitrogens is 5. The molecule has 3 aromatic rings. The number of amides is 1. The van der Waals surface area contributed by atoms with Crippen LogP contribution in [0, 0.1) is 6.92 Å². The maximum Gasteiger partial charge on any atom is 0.236 e. The molecule has 0 spiro atoms. The van der Waals surface area contributed by atoms with E-state index in [1.54, 1.807) is 29.8 Å². The maximum atomic E-state index is 12.0. The Bertz CT molecular complexity index is 962. The molecule has 27 heavy (non-hydrogen) atoms. The van der Waals surface area contributed by atoms with Gasteiger partial charge in [-0.25, -0.2) is 0 Å². The minimum atomic E-state index is -0.190. The van der Waals surface area contributed by atoms with Crippen molar-refractivity contribution in [3.05, 3.63) is 39.1 Å². The largest absolute Gasteiger partial charge is 0.484 e. The minimum absolute atomic E-state index is 0.175. The number of carbonyl (C=O) groups is 1. The molecule has 0 unspecified atom stereocenters.